The van der Waals surface area contributed by atoms with Crippen LogP contribution in [0.5, 0.6) is 0 Å². The van der Waals surface area contributed by atoms with E-state index in [1.165, 1.54) is 0 Å². The Morgan fingerprint density at radius 3 is 1.95 bits per heavy atom. The fourth-order valence-corrected chi connectivity index (χ4v) is 1.44. The number of amides is 1. The number of aliphatic imine (C=N–C) groups is 1. The molecule has 1 rings (SSSR count). The summed E-state index contributed by atoms with van der Waals surface area (Å²) in [4.78, 5) is 25.1. The van der Waals surface area contributed by atoms with Crippen LogP contribution < -0.4 is 11.1 Å². The molecule has 0 aromatic heterocycles. The molecule has 4 N–H and O–H groups in total. The number of nitrogens with two attached hydrogens (primary N) is 1. The van der Waals surface area contributed by atoms with Gasteiger partial charge in [-0.25, -0.2) is 4.79 Å². The van der Waals surface area contributed by atoms with E-state index >= 15 is 0 Å². The summed E-state index contributed by atoms with van der Waals surface area (Å²) in [5.41, 5.74) is 5.31. The molecule has 0 bridgehead atoms. The summed E-state index contributed by atoms with van der Waals surface area (Å²) in [6.07, 6.45) is -5.08. The zero-order chi connectivity index (χ0) is 17.9. The molecule has 0 saturated carbocycles. The molecule has 0 aliphatic carbocycles. The van der Waals surface area contributed by atoms with Crippen molar-refractivity contribution < 1.29 is 27.9 Å². The van der Waals surface area contributed by atoms with Crippen LogP contribution in [-0.2, 0) is 9.59 Å². The Balaban J connectivity index is 0.000000534. The average molecular weight is 325 g/mol. The van der Waals surface area contributed by atoms with Gasteiger partial charge in [0.1, 0.15) is 11.4 Å². The monoisotopic (exact) mass is 325 g/mol. The van der Waals surface area contributed by atoms with Gasteiger partial charge in [-0.2, -0.15) is 13.2 Å². The molecule has 0 radical (unpaired) electrons. The average Bonchev–Trinajstić information content (AvgIpc) is 2.65. The first-order chi connectivity index (χ1) is 9.73. The number of nitrogens with zero attached hydrogens (tertiary/aromatic N) is 1. The molecule has 0 fully saturated rings. The van der Waals surface area contributed by atoms with E-state index in [1.807, 2.05) is 34.6 Å². The zero-order valence-corrected chi connectivity index (χ0v) is 13.2. The predicted octanol–water partition coefficient (Wildman–Crippen LogP) is 1.55. The van der Waals surface area contributed by atoms with Crippen molar-refractivity contribution in [3.05, 3.63) is 0 Å². The second-order valence-electron chi connectivity index (χ2n) is 5.83. The number of amidine groups is 1. The molecule has 2 atom stereocenters. The van der Waals surface area contributed by atoms with E-state index in [1.54, 1.807) is 0 Å². The van der Waals surface area contributed by atoms with Gasteiger partial charge < -0.3 is 16.2 Å². The molecular weight excluding hydrogens is 303 g/mol. The van der Waals surface area contributed by atoms with Crippen LogP contribution in [0, 0.1) is 11.8 Å². The summed E-state index contributed by atoms with van der Waals surface area (Å²) in [6.45, 7) is 9.88. The maximum absolute atomic E-state index is 11.8. The summed E-state index contributed by atoms with van der Waals surface area (Å²) in [6, 6.07) is -0.186. The Labute approximate surface area is 127 Å². The lowest BCUT2D eigenvalue weighted by Gasteiger charge is -2.21. The highest BCUT2D eigenvalue weighted by Crippen LogP contribution is 2.26. The molecule has 1 heterocycles. The van der Waals surface area contributed by atoms with Gasteiger partial charge in [0.15, 0.2) is 0 Å². The maximum Gasteiger partial charge on any atom is 0.490 e. The van der Waals surface area contributed by atoms with Crippen molar-refractivity contribution >= 4 is 17.7 Å². The van der Waals surface area contributed by atoms with Crippen molar-refractivity contribution in [3.8, 4) is 0 Å². The number of hydrogen-bond donors (Lipinski definition) is 3. The number of hydrogen-bond acceptors (Lipinski definition) is 4. The van der Waals surface area contributed by atoms with Crippen LogP contribution in [0.2, 0.25) is 0 Å². The van der Waals surface area contributed by atoms with Crippen molar-refractivity contribution in [3.63, 3.8) is 0 Å². The Bertz CT molecular complexity index is 461. The summed E-state index contributed by atoms with van der Waals surface area (Å²) >= 11 is 0. The fraction of sp³-hybridized carbons (Fsp3) is 0.769. The maximum atomic E-state index is 11.8. The number of carbonyl (C=O) groups excluding carboxylic acids is 1. The van der Waals surface area contributed by atoms with E-state index in [9.17, 15) is 18.0 Å². The van der Waals surface area contributed by atoms with E-state index in [-0.39, 0.29) is 23.8 Å². The Hall–Kier alpha value is -1.64. The van der Waals surface area contributed by atoms with Gasteiger partial charge in [-0.3, -0.25) is 9.79 Å². The van der Waals surface area contributed by atoms with Crippen LogP contribution in [0.15, 0.2) is 4.99 Å². The minimum atomic E-state index is -5.08. The lowest BCUT2D eigenvalue weighted by molar-refractivity contribution is -0.192. The van der Waals surface area contributed by atoms with Gasteiger partial charge in [-0.1, -0.05) is 27.7 Å². The van der Waals surface area contributed by atoms with Gasteiger partial charge in [0.2, 0.25) is 0 Å². The molecule has 1 aliphatic heterocycles. The molecule has 1 aliphatic rings. The Kier molecular flexibility index (Phi) is 6.55. The van der Waals surface area contributed by atoms with Crippen LogP contribution >= 0.6 is 0 Å². The molecule has 1 amide bonds. The number of halogens is 3. The lowest BCUT2D eigenvalue weighted by Crippen LogP contribution is -2.45. The van der Waals surface area contributed by atoms with Crippen LogP contribution in [0.3, 0.4) is 0 Å². The van der Waals surface area contributed by atoms with E-state index in [4.69, 9.17) is 15.6 Å². The topological polar surface area (TPSA) is 105 Å². The summed E-state index contributed by atoms with van der Waals surface area (Å²) in [5.74, 6) is -1.71. The van der Waals surface area contributed by atoms with Crippen LogP contribution in [0.1, 0.15) is 34.6 Å². The summed E-state index contributed by atoms with van der Waals surface area (Å²) in [5, 5.41) is 9.92. The van der Waals surface area contributed by atoms with Crippen molar-refractivity contribution in [1.29, 1.82) is 0 Å². The number of rotatable bonds is 3. The van der Waals surface area contributed by atoms with Gasteiger partial charge in [-0.05, 0) is 18.8 Å². The van der Waals surface area contributed by atoms with Crippen molar-refractivity contribution in [1.82, 2.24) is 5.32 Å². The molecule has 1 unspecified atom stereocenters. The van der Waals surface area contributed by atoms with Gasteiger partial charge in [-0.15, -0.1) is 0 Å². The summed E-state index contributed by atoms with van der Waals surface area (Å²) in [7, 11) is 0. The molecule has 6 nitrogen and oxygen atoms in total. The van der Waals surface area contributed by atoms with E-state index < -0.39 is 17.7 Å². The van der Waals surface area contributed by atoms with E-state index in [2.05, 4.69) is 10.3 Å². The first-order valence-corrected chi connectivity index (χ1v) is 6.70. The fourth-order valence-electron chi connectivity index (χ4n) is 1.44. The van der Waals surface area contributed by atoms with Gasteiger partial charge >= 0.3 is 12.1 Å². The zero-order valence-electron chi connectivity index (χ0n) is 13.2. The SMILES string of the molecule is CC(C)[C@H](N)C1=NC(C)(C(C)C)C(=O)N1.O=C(O)C(F)(F)F. The van der Waals surface area contributed by atoms with Crippen molar-refractivity contribution in [2.24, 2.45) is 22.6 Å². The molecule has 9 heteroatoms. The van der Waals surface area contributed by atoms with Crippen molar-refractivity contribution in [2.75, 3.05) is 0 Å². The second-order valence-corrected chi connectivity index (χ2v) is 5.83. The van der Waals surface area contributed by atoms with Crippen LogP contribution in [-0.4, -0.2) is 40.6 Å². The lowest BCUT2D eigenvalue weighted by atomic mass is 9.89. The molecule has 22 heavy (non-hydrogen) atoms. The van der Waals surface area contributed by atoms with Crippen LogP contribution in [0.25, 0.3) is 0 Å². The minimum absolute atomic E-state index is 0.0383. The first kappa shape index (κ1) is 20.4. The third kappa shape index (κ3) is 4.97. The second kappa shape index (κ2) is 7.08. The first-order valence-electron chi connectivity index (χ1n) is 6.70. The third-order valence-corrected chi connectivity index (χ3v) is 3.45. The molecular formula is C13H22F3N3O3. The van der Waals surface area contributed by atoms with Gasteiger partial charge in [0.05, 0.1) is 6.04 Å². The largest absolute Gasteiger partial charge is 0.490 e. The number of carbonyl (C=O) groups is 2. The third-order valence-electron chi connectivity index (χ3n) is 3.45. The number of nitrogens with one attached hydrogen (secondary N) is 1. The van der Waals surface area contributed by atoms with E-state index in [0.29, 0.717) is 5.84 Å². The highest BCUT2D eigenvalue weighted by Gasteiger charge is 2.43. The minimum Gasteiger partial charge on any atom is -0.475 e. The highest BCUT2D eigenvalue weighted by atomic mass is 19.4. The molecule has 0 saturated heterocycles. The van der Waals surface area contributed by atoms with Crippen LogP contribution in [0.4, 0.5) is 13.2 Å². The van der Waals surface area contributed by atoms with Gasteiger partial charge in [0, 0.05) is 0 Å². The number of aliphatic carboxylic acids is 1. The summed E-state index contributed by atoms with van der Waals surface area (Å²) < 4.78 is 31.7. The van der Waals surface area contributed by atoms with Crippen molar-refractivity contribution in [2.45, 2.75) is 52.4 Å². The van der Waals surface area contributed by atoms with E-state index in [0.717, 1.165) is 0 Å². The Morgan fingerprint density at radius 2 is 1.73 bits per heavy atom. The highest BCUT2D eigenvalue weighted by molar-refractivity contribution is 6.10. The molecule has 0 spiro atoms. The molecule has 0 aromatic rings. The number of carboxylic acid groups (broad SMARTS) is 1. The smallest absolute Gasteiger partial charge is 0.475 e. The van der Waals surface area contributed by atoms with Gasteiger partial charge in [0.25, 0.3) is 5.91 Å². The molecule has 128 valence electrons. The quantitative estimate of drug-likeness (QED) is 0.732. The normalized spacial score (nSPS) is 22.9. The molecule has 0 aromatic carbocycles. The number of alkyl halides is 3. The standard InChI is InChI=1S/C11H21N3O.C2HF3O2/c1-6(2)8(12)9-13-10(15)11(5,14-9)7(3)4;3-2(4,5)1(6)7/h6-8H,12H2,1-5H3,(H,13,14,15);(H,6,7)/t8-,11?;/m0./s1. The number of carboxylic acids is 1. The predicted molar refractivity (Wildman–Crippen MR) is 75.3 cm³/mol. The Morgan fingerprint density at radius 1 is 1.32 bits per heavy atom.